The molecular formula is C16H22F3N3O. The number of urea groups is 1. The summed E-state index contributed by atoms with van der Waals surface area (Å²) in [6, 6.07) is 4.58. The van der Waals surface area contributed by atoms with Crippen LogP contribution in [0.2, 0.25) is 0 Å². The molecule has 1 aromatic rings. The number of hydrogen-bond donors (Lipinski definition) is 2. The van der Waals surface area contributed by atoms with Crippen LogP contribution in [0.4, 0.5) is 23.7 Å². The van der Waals surface area contributed by atoms with Crippen molar-refractivity contribution >= 4 is 11.7 Å². The highest BCUT2D eigenvalue weighted by atomic mass is 19.4. The first-order chi connectivity index (χ1) is 10.9. The summed E-state index contributed by atoms with van der Waals surface area (Å²) in [4.78, 5) is 13.8. The SMILES string of the molecule is CNCCC1CCN(C(=O)Nc2ccccc2C(F)(F)F)CC1. The van der Waals surface area contributed by atoms with Crippen molar-refractivity contribution in [2.24, 2.45) is 5.92 Å². The van der Waals surface area contributed by atoms with Gasteiger partial charge in [-0.15, -0.1) is 0 Å². The van der Waals surface area contributed by atoms with E-state index in [1.54, 1.807) is 4.90 Å². The highest BCUT2D eigenvalue weighted by molar-refractivity contribution is 5.90. The molecule has 128 valence electrons. The Kier molecular flexibility index (Phi) is 5.87. The lowest BCUT2D eigenvalue weighted by Crippen LogP contribution is -2.41. The molecule has 4 nitrogen and oxygen atoms in total. The Morgan fingerprint density at radius 1 is 1.26 bits per heavy atom. The van der Waals surface area contributed by atoms with Crippen molar-refractivity contribution in [3.8, 4) is 0 Å². The Bertz CT molecular complexity index is 526. The summed E-state index contributed by atoms with van der Waals surface area (Å²) in [6.07, 6.45) is -1.65. The van der Waals surface area contributed by atoms with Crippen LogP contribution in [0.1, 0.15) is 24.8 Å². The lowest BCUT2D eigenvalue weighted by molar-refractivity contribution is -0.136. The molecule has 1 fully saturated rings. The maximum absolute atomic E-state index is 12.9. The summed E-state index contributed by atoms with van der Waals surface area (Å²) in [5, 5.41) is 5.50. The van der Waals surface area contributed by atoms with Crippen LogP contribution < -0.4 is 10.6 Å². The first-order valence-corrected chi connectivity index (χ1v) is 7.78. The van der Waals surface area contributed by atoms with E-state index in [1.165, 1.54) is 18.2 Å². The molecule has 2 amide bonds. The van der Waals surface area contributed by atoms with E-state index in [0.29, 0.717) is 19.0 Å². The van der Waals surface area contributed by atoms with Crippen LogP contribution in [0.5, 0.6) is 0 Å². The van der Waals surface area contributed by atoms with Crippen molar-refractivity contribution in [2.75, 3.05) is 32.0 Å². The second-order valence-electron chi connectivity index (χ2n) is 5.80. The first-order valence-electron chi connectivity index (χ1n) is 7.78. The third-order valence-corrected chi connectivity index (χ3v) is 4.18. The second-order valence-corrected chi connectivity index (χ2v) is 5.80. The summed E-state index contributed by atoms with van der Waals surface area (Å²) >= 11 is 0. The molecule has 0 aromatic heterocycles. The summed E-state index contributed by atoms with van der Waals surface area (Å²) in [6.45, 7) is 2.10. The fraction of sp³-hybridized carbons (Fsp3) is 0.562. The summed E-state index contributed by atoms with van der Waals surface area (Å²) in [5.41, 5.74) is -1.01. The molecule has 0 unspecified atom stereocenters. The predicted molar refractivity (Wildman–Crippen MR) is 83.3 cm³/mol. The number of nitrogens with one attached hydrogen (secondary N) is 2. The zero-order chi connectivity index (χ0) is 16.9. The van der Waals surface area contributed by atoms with Crippen molar-refractivity contribution in [1.82, 2.24) is 10.2 Å². The third kappa shape index (κ3) is 4.86. The standard InChI is InChI=1S/C16H22F3N3O/c1-20-9-6-12-7-10-22(11-8-12)15(23)21-14-5-3-2-4-13(14)16(17,18)19/h2-5,12,20H,6-11H2,1H3,(H,21,23). The number of carbonyl (C=O) groups is 1. The van der Waals surface area contributed by atoms with Crippen LogP contribution in [-0.2, 0) is 6.18 Å². The normalized spacial score (nSPS) is 16.4. The second kappa shape index (κ2) is 7.68. The molecule has 1 saturated heterocycles. The van der Waals surface area contributed by atoms with Gasteiger partial charge in [-0.2, -0.15) is 13.2 Å². The van der Waals surface area contributed by atoms with E-state index in [2.05, 4.69) is 10.6 Å². The molecule has 1 aliphatic rings. The highest BCUT2D eigenvalue weighted by Gasteiger charge is 2.34. The van der Waals surface area contributed by atoms with Gasteiger partial charge in [0, 0.05) is 13.1 Å². The number of alkyl halides is 3. The lowest BCUT2D eigenvalue weighted by Gasteiger charge is -2.32. The van der Waals surface area contributed by atoms with Crippen molar-refractivity contribution < 1.29 is 18.0 Å². The van der Waals surface area contributed by atoms with Crippen LogP contribution in [0.15, 0.2) is 24.3 Å². The van der Waals surface area contributed by atoms with Gasteiger partial charge < -0.3 is 15.5 Å². The zero-order valence-corrected chi connectivity index (χ0v) is 13.1. The molecule has 0 aliphatic carbocycles. The van der Waals surface area contributed by atoms with Gasteiger partial charge in [0.1, 0.15) is 0 Å². The number of benzene rings is 1. The molecule has 1 aromatic carbocycles. The maximum atomic E-state index is 12.9. The molecule has 7 heteroatoms. The van der Waals surface area contributed by atoms with Crippen LogP contribution in [-0.4, -0.2) is 37.6 Å². The average molecular weight is 329 g/mol. The Labute approximate surface area is 134 Å². The molecule has 0 bridgehead atoms. The van der Waals surface area contributed by atoms with Gasteiger partial charge in [-0.1, -0.05) is 12.1 Å². The minimum absolute atomic E-state index is 0.192. The summed E-state index contributed by atoms with van der Waals surface area (Å²) in [5.74, 6) is 0.564. The van der Waals surface area contributed by atoms with Gasteiger partial charge in [0.25, 0.3) is 0 Å². The number of anilines is 1. The smallest absolute Gasteiger partial charge is 0.325 e. The van der Waals surface area contributed by atoms with E-state index in [-0.39, 0.29) is 5.69 Å². The van der Waals surface area contributed by atoms with E-state index in [0.717, 1.165) is 31.9 Å². The van der Waals surface area contributed by atoms with Crippen LogP contribution in [0.25, 0.3) is 0 Å². The van der Waals surface area contributed by atoms with E-state index in [9.17, 15) is 18.0 Å². The number of halogens is 3. The molecular weight excluding hydrogens is 307 g/mol. The Morgan fingerprint density at radius 2 is 1.91 bits per heavy atom. The van der Waals surface area contributed by atoms with Crippen molar-refractivity contribution in [3.05, 3.63) is 29.8 Å². The van der Waals surface area contributed by atoms with Gasteiger partial charge in [0.2, 0.25) is 0 Å². The van der Waals surface area contributed by atoms with Crippen molar-refractivity contribution in [1.29, 1.82) is 0 Å². The van der Waals surface area contributed by atoms with Gasteiger partial charge >= 0.3 is 12.2 Å². The molecule has 23 heavy (non-hydrogen) atoms. The van der Waals surface area contributed by atoms with E-state index in [4.69, 9.17) is 0 Å². The monoisotopic (exact) mass is 329 g/mol. The Morgan fingerprint density at radius 3 is 2.52 bits per heavy atom. The number of likely N-dealkylation sites (tertiary alicyclic amines) is 1. The summed E-state index contributed by atoms with van der Waals surface area (Å²) < 4.78 is 38.8. The Balaban J connectivity index is 1.94. The number of hydrogen-bond acceptors (Lipinski definition) is 2. The topological polar surface area (TPSA) is 44.4 Å². The number of carbonyl (C=O) groups excluding carboxylic acids is 1. The quantitative estimate of drug-likeness (QED) is 0.887. The van der Waals surface area contributed by atoms with Gasteiger partial charge in [0.15, 0.2) is 0 Å². The lowest BCUT2D eigenvalue weighted by atomic mass is 9.94. The van der Waals surface area contributed by atoms with Gasteiger partial charge in [-0.05, 0) is 50.9 Å². The highest BCUT2D eigenvalue weighted by Crippen LogP contribution is 2.34. The zero-order valence-electron chi connectivity index (χ0n) is 13.1. The minimum Gasteiger partial charge on any atom is -0.325 e. The van der Waals surface area contributed by atoms with Gasteiger partial charge in [0.05, 0.1) is 11.3 Å². The van der Waals surface area contributed by atoms with Gasteiger partial charge in [-0.25, -0.2) is 4.79 Å². The number of para-hydroxylation sites is 1. The fourth-order valence-electron chi connectivity index (χ4n) is 2.81. The summed E-state index contributed by atoms with van der Waals surface area (Å²) in [7, 11) is 1.90. The average Bonchev–Trinajstić information content (AvgIpc) is 2.53. The molecule has 2 rings (SSSR count). The van der Waals surface area contributed by atoms with Crippen LogP contribution in [0, 0.1) is 5.92 Å². The molecule has 0 radical (unpaired) electrons. The molecule has 1 aliphatic heterocycles. The maximum Gasteiger partial charge on any atom is 0.418 e. The molecule has 0 atom stereocenters. The van der Waals surface area contributed by atoms with E-state index >= 15 is 0 Å². The number of amides is 2. The van der Waals surface area contributed by atoms with Gasteiger partial charge in [-0.3, -0.25) is 0 Å². The van der Waals surface area contributed by atoms with E-state index < -0.39 is 17.8 Å². The van der Waals surface area contributed by atoms with Crippen LogP contribution in [0.3, 0.4) is 0 Å². The molecule has 1 heterocycles. The van der Waals surface area contributed by atoms with Crippen molar-refractivity contribution in [3.63, 3.8) is 0 Å². The molecule has 0 spiro atoms. The number of nitrogens with zero attached hydrogens (tertiary/aromatic N) is 1. The van der Waals surface area contributed by atoms with Crippen molar-refractivity contribution in [2.45, 2.75) is 25.4 Å². The molecule has 0 saturated carbocycles. The minimum atomic E-state index is -4.48. The largest absolute Gasteiger partial charge is 0.418 e. The number of piperidine rings is 1. The third-order valence-electron chi connectivity index (χ3n) is 4.18. The predicted octanol–water partition coefficient (Wildman–Crippen LogP) is 3.56. The van der Waals surface area contributed by atoms with Crippen LogP contribution >= 0.6 is 0 Å². The number of rotatable bonds is 4. The fourth-order valence-corrected chi connectivity index (χ4v) is 2.81. The van der Waals surface area contributed by atoms with E-state index in [1.807, 2.05) is 7.05 Å². The Hall–Kier alpha value is -1.76. The molecule has 2 N–H and O–H groups in total. The first kappa shape index (κ1) is 17.6.